The first-order valence-electron chi connectivity index (χ1n) is 9.90. The van der Waals surface area contributed by atoms with Gasteiger partial charge in [0.2, 0.25) is 0 Å². The Labute approximate surface area is 206 Å². The smallest absolute Gasteiger partial charge is 0.388 e. The molecule has 0 bridgehead atoms. The monoisotopic (exact) mass is 577 g/mol. The number of aldehydes is 1. The zero-order chi connectivity index (χ0) is 28.1. The third-order valence-electron chi connectivity index (χ3n) is 4.70. The minimum atomic E-state index is -4.74. The predicted octanol–water partition coefficient (Wildman–Crippen LogP) is -4.49. The molecule has 0 amide bonds. The summed E-state index contributed by atoms with van der Waals surface area (Å²) in [4.78, 5) is 55.5. The van der Waals surface area contributed by atoms with Crippen molar-refractivity contribution in [1.82, 2.24) is 19.5 Å². The predicted molar refractivity (Wildman–Crippen MR) is 116 cm³/mol. The molecule has 1 saturated heterocycles. The van der Waals surface area contributed by atoms with Gasteiger partial charge in [0.1, 0.15) is 48.5 Å². The van der Waals surface area contributed by atoms with E-state index in [4.69, 9.17) is 45.4 Å². The molecule has 2 aromatic heterocycles. The quantitative estimate of drug-likeness (QED) is 0.0939. The number of ether oxygens (including phenoxy) is 1. The average Bonchev–Trinajstić information content (AvgIpc) is 3.36. The van der Waals surface area contributed by atoms with Crippen LogP contribution in [-0.2, 0) is 27.7 Å². The van der Waals surface area contributed by atoms with Crippen LogP contribution in [0.2, 0.25) is 0 Å². The van der Waals surface area contributed by atoms with Gasteiger partial charge in [0.05, 0.1) is 19.5 Å². The summed E-state index contributed by atoms with van der Waals surface area (Å²) in [6.45, 7) is -1.49. The highest BCUT2D eigenvalue weighted by atomic mass is 31.2. The number of hydrogen-bond acceptors (Lipinski definition) is 15. The molecule has 0 spiro atoms. The Morgan fingerprint density at radius 3 is 2.24 bits per heavy atom. The number of carbonyl (C=O) groups is 1. The number of nitrogens with zero attached hydrogens (tertiary/aromatic N) is 4. The number of nitrogens with two attached hydrogens (primary N) is 1. The van der Waals surface area contributed by atoms with Gasteiger partial charge in [-0.25, -0.2) is 24.1 Å². The van der Waals surface area contributed by atoms with Gasteiger partial charge in [0.25, 0.3) is 0 Å². The number of aromatic nitrogens is 4. The van der Waals surface area contributed by atoms with Crippen LogP contribution in [0.25, 0.3) is 11.2 Å². The summed E-state index contributed by atoms with van der Waals surface area (Å²) in [6, 6.07) is 0. The van der Waals surface area contributed by atoms with Gasteiger partial charge >= 0.3 is 15.6 Å². The fraction of sp³-hybridized carbons (Fsp3) is 0.600. The van der Waals surface area contributed by atoms with Gasteiger partial charge in [-0.2, -0.15) is 0 Å². The van der Waals surface area contributed by atoms with Crippen molar-refractivity contribution in [3.05, 3.63) is 12.7 Å². The number of phosphoric acid groups is 2. The first-order chi connectivity index (χ1) is 17.1. The second kappa shape index (κ2) is 12.7. The number of nitrogen functional groups attached to an aromatic ring is 1. The molecule has 37 heavy (non-hydrogen) atoms. The number of carbonyl (C=O) groups excluding carboxylic acids is 1. The standard InChI is InChI=1S/C10H14N5O7P.C5H11O8P/c11-8-5-9(13-2-12-8)15(3-14-5)10-7(17)6(16)4(22-10)1-21-23(18,19)20;6-1-3(7)5(9)4(8)2-13-14(10,11)12/h2-4,6-7,10,16-17H,1H2,(H2,11,12,13)(H2,18,19,20);1,3-5,7-9H,2H2,(H2,10,11,12)/t4-,6-,7-,10-;3-,4+,5-/m10/s1. The molecule has 11 N–H and O–H groups in total. The van der Waals surface area contributed by atoms with Gasteiger partial charge in [0.15, 0.2) is 24.0 Å². The molecule has 20 nitrogen and oxygen atoms in total. The van der Waals surface area contributed by atoms with E-state index in [0.717, 1.165) is 0 Å². The highest BCUT2D eigenvalue weighted by molar-refractivity contribution is 7.46. The van der Waals surface area contributed by atoms with Crippen LogP contribution in [-0.4, -0.2) is 121 Å². The zero-order valence-corrected chi connectivity index (χ0v) is 20.2. The Morgan fingerprint density at radius 2 is 1.68 bits per heavy atom. The molecule has 0 aliphatic carbocycles. The molecule has 0 unspecified atom stereocenters. The Kier molecular flexibility index (Phi) is 10.7. The van der Waals surface area contributed by atoms with E-state index in [1.165, 1.54) is 17.2 Å². The molecular formula is C15H25N5O15P2. The Hall–Kier alpha value is -2.00. The van der Waals surface area contributed by atoms with Crippen molar-refractivity contribution in [3.63, 3.8) is 0 Å². The fourth-order valence-corrected chi connectivity index (χ4v) is 3.59. The van der Waals surface area contributed by atoms with Crippen LogP contribution in [0.3, 0.4) is 0 Å². The number of hydrogen-bond donors (Lipinski definition) is 10. The summed E-state index contributed by atoms with van der Waals surface area (Å²) in [5.41, 5.74) is 6.25. The van der Waals surface area contributed by atoms with Crippen LogP contribution in [0.1, 0.15) is 6.23 Å². The molecule has 2 aromatic rings. The fourth-order valence-electron chi connectivity index (χ4n) is 2.90. The van der Waals surface area contributed by atoms with Gasteiger partial charge < -0.3 is 60.4 Å². The highest BCUT2D eigenvalue weighted by Crippen LogP contribution is 2.39. The van der Waals surface area contributed by atoms with Gasteiger partial charge in [0, 0.05) is 0 Å². The van der Waals surface area contributed by atoms with Crippen molar-refractivity contribution >= 4 is 38.9 Å². The van der Waals surface area contributed by atoms with Crippen LogP contribution in [0, 0.1) is 0 Å². The number of rotatable bonds is 10. The molecule has 3 heterocycles. The summed E-state index contributed by atoms with van der Waals surface area (Å²) in [7, 11) is -9.46. The molecular weight excluding hydrogens is 552 g/mol. The first kappa shape index (κ1) is 31.2. The maximum absolute atomic E-state index is 10.7. The van der Waals surface area contributed by atoms with E-state index >= 15 is 0 Å². The number of phosphoric ester groups is 2. The van der Waals surface area contributed by atoms with Crippen molar-refractivity contribution in [1.29, 1.82) is 0 Å². The van der Waals surface area contributed by atoms with Gasteiger partial charge in [-0.05, 0) is 0 Å². The number of aliphatic hydroxyl groups is 5. The lowest BCUT2D eigenvalue weighted by Gasteiger charge is -2.19. The number of fused-ring (bicyclic) bond motifs is 1. The minimum Gasteiger partial charge on any atom is -0.388 e. The average molecular weight is 577 g/mol. The summed E-state index contributed by atoms with van der Waals surface area (Å²) in [6.07, 6.45) is -7.95. The molecule has 7 atom stereocenters. The van der Waals surface area contributed by atoms with Crippen LogP contribution < -0.4 is 5.73 Å². The number of aliphatic hydroxyl groups excluding tert-OH is 5. The third-order valence-corrected chi connectivity index (χ3v) is 5.67. The SMILES string of the molecule is Nc1ncnc2c1ncn2[C@@H]1O[C@H](COP(=O)(O)O)[C@@H](O)[C@H]1O.O=C[C@H](O)[C@H](O)[C@H](O)COP(=O)(O)O. The summed E-state index contributed by atoms with van der Waals surface area (Å²) in [5, 5.41) is 46.6. The molecule has 1 aliphatic rings. The van der Waals surface area contributed by atoms with E-state index in [-0.39, 0.29) is 17.8 Å². The normalized spacial score (nSPS) is 24.8. The topological polar surface area (TPSA) is 331 Å². The van der Waals surface area contributed by atoms with E-state index in [1.54, 1.807) is 0 Å². The largest absolute Gasteiger partial charge is 0.469 e. The lowest BCUT2D eigenvalue weighted by atomic mass is 10.1. The van der Waals surface area contributed by atoms with E-state index in [0.29, 0.717) is 5.52 Å². The highest BCUT2D eigenvalue weighted by Gasteiger charge is 2.45. The summed E-state index contributed by atoms with van der Waals surface area (Å²) < 4.78 is 35.8. The summed E-state index contributed by atoms with van der Waals surface area (Å²) in [5.74, 6) is 0.142. The van der Waals surface area contributed by atoms with E-state index in [1.807, 2.05) is 0 Å². The Bertz CT molecular complexity index is 1140. The maximum Gasteiger partial charge on any atom is 0.469 e. The van der Waals surface area contributed by atoms with Crippen molar-refractivity contribution in [2.24, 2.45) is 0 Å². The van der Waals surface area contributed by atoms with E-state index in [9.17, 15) is 24.1 Å². The third kappa shape index (κ3) is 8.77. The van der Waals surface area contributed by atoms with Crippen molar-refractivity contribution in [3.8, 4) is 0 Å². The van der Waals surface area contributed by atoms with Crippen LogP contribution in [0.4, 0.5) is 5.82 Å². The molecule has 22 heteroatoms. The molecule has 0 saturated carbocycles. The van der Waals surface area contributed by atoms with Gasteiger partial charge in [-0.1, -0.05) is 0 Å². The molecule has 3 rings (SSSR count). The molecule has 210 valence electrons. The van der Waals surface area contributed by atoms with Gasteiger partial charge in [-0.3, -0.25) is 13.6 Å². The minimum absolute atomic E-state index is 0.0225. The molecule has 0 radical (unpaired) electrons. The van der Waals surface area contributed by atoms with Crippen LogP contribution in [0.15, 0.2) is 12.7 Å². The summed E-state index contributed by atoms with van der Waals surface area (Å²) >= 11 is 0. The zero-order valence-electron chi connectivity index (χ0n) is 18.4. The second-order valence-electron chi connectivity index (χ2n) is 7.39. The van der Waals surface area contributed by atoms with Crippen LogP contribution >= 0.6 is 15.6 Å². The first-order valence-corrected chi connectivity index (χ1v) is 13.0. The maximum atomic E-state index is 10.7. The van der Waals surface area contributed by atoms with E-state index < -0.39 is 71.7 Å². The Morgan fingerprint density at radius 1 is 1.05 bits per heavy atom. The van der Waals surface area contributed by atoms with Crippen LogP contribution in [0.5, 0.6) is 0 Å². The number of anilines is 1. The van der Waals surface area contributed by atoms with E-state index in [2.05, 4.69) is 24.0 Å². The van der Waals surface area contributed by atoms with Crippen molar-refractivity contribution < 1.29 is 72.8 Å². The molecule has 0 aromatic carbocycles. The molecule has 1 fully saturated rings. The van der Waals surface area contributed by atoms with Crippen molar-refractivity contribution in [2.45, 2.75) is 42.9 Å². The second-order valence-corrected chi connectivity index (χ2v) is 9.87. The van der Waals surface area contributed by atoms with Gasteiger partial charge in [-0.15, -0.1) is 0 Å². The van der Waals surface area contributed by atoms with Crippen molar-refractivity contribution in [2.75, 3.05) is 18.9 Å². The Balaban J connectivity index is 0.000000298. The lowest BCUT2D eigenvalue weighted by molar-refractivity contribution is -0.127. The number of imidazole rings is 1. The molecule has 1 aliphatic heterocycles. The lowest BCUT2D eigenvalue weighted by Crippen LogP contribution is -2.40.